The molecular weight excluding hydrogens is 395 g/mol. The molecule has 0 bridgehead atoms. The fourth-order valence-corrected chi connectivity index (χ4v) is 3.53. The van der Waals surface area contributed by atoms with E-state index in [4.69, 9.17) is 23.2 Å². The molecule has 4 rings (SSSR count). The number of benzene rings is 2. The Morgan fingerprint density at radius 3 is 2.50 bits per heavy atom. The Bertz CT molecular complexity index is 1150. The monoisotopic (exact) mass is 410 g/mol. The number of hydrogen-bond acceptors (Lipinski definition) is 3. The highest BCUT2D eigenvalue weighted by Gasteiger charge is 2.15. The fourth-order valence-electron chi connectivity index (χ4n) is 3.07. The average Bonchev–Trinajstić information content (AvgIpc) is 3.00. The lowest BCUT2D eigenvalue weighted by atomic mass is 10.1. The van der Waals surface area contributed by atoms with E-state index < -0.39 is 0 Å². The first-order chi connectivity index (χ1) is 13.5. The number of rotatable bonds is 4. The number of aromatic nitrogens is 3. The van der Waals surface area contributed by atoms with E-state index in [1.807, 2.05) is 54.1 Å². The Labute approximate surface area is 171 Å². The molecule has 0 fully saturated rings. The van der Waals surface area contributed by atoms with Crippen LogP contribution >= 0.6 is 23.2 Å². The molecule has 0 unspecified atom stereocenters. The number of pyridine rings is 1. The maximum Gasteiger partial charge on any atom is 0.255 e. The van der Waals surface area contributed by atoms with Crippen molar-refractivity contribution in [1.82, 2.24) is 14.8 Å². The molecule has 0 aliphatic rings. The van der Waals surface area contributed by atoms with Gasteiger partial charge >= 0.3 is 0 Å². The number of aryl methyl sites for hydroxylation is 1. The fraction of sp³-hybridized carbons (Fsp3) is 0.0952. The van der Waals surface area contributed by atoms with Crippen molar-refractivity contribution in [3.63, 3.8) is 0 Å². The number of carbonyl (C=O) groups excluding carboxylic acids is 1. The quantitative estimate of drug-likeness (QED) is 0.493. The summed E-state index contributed by atoms with van der Waals surface area (Å²) in [6, 6.07) is 15.6. The Morgan fingerprint density at radius 2 is 1.79 bits per heavy atom. The third kappa shape index (κ3) is 3.59. The van der Waals surface area contributed by atoms with Crippen molar-refractivity contribution in [3.8, 4) is 0 Å². The van der Waals surface area contributed by atoms with Crippen LogP contribution in [0, 0.1) is 6.92 Å². The van der Waals surface area contributed by atoms with Gasteiger partial charge in [0.25, 0.3) is 5.91 Å². The zero-order valence-corrected chi connectivity index (χ0v) is 16.5. The van der Waals surface area contributed by atoms with E-state index in [2.05, 4.69) is 15.4 Å². The normalized spacial score (nSPS) is 11.0. The van der Waals surface area contributed by atoms with Crippen LogP contribution in [0.15, 0.2) is 60.9 Å². The minimum Gasteiger partial charge on any atom is -0.319 e. The Balaban J connectivity index is 1.69. The lowest BCUT2D eigenvalue weighted by Crippen LogP contribution is -2.13. The van der Waals surface area contributed by atoms with Crippen molar-refractivity contribution in [2.45, 2.75) is 13.5 Å². The van der Waals surface area contributed by atoms with Gasteiger partial charge in [-0.1, -0.05) is 59.6 Å². The van der Waals surface area contributed by atoms with E-state index >= 15 is 0 Å². The van der Waals surface area contributed by atoms with Crippen molar-refractivity contribution in [2.24, 2.45) is 0 Å². The summed E-state index contributed by atoms with van der Waals surface area (Å²) in [7, 11) is 0. The van der Waals surface area contributed by atoms with Gasteiger partial charge in [-0.15, -0.1) is 0 Å². The molecule has 0 saturated heterocycles. The number of nitrogens with one attached hydrogen (secondary N) is 1. The van der Waals surface area contributed by atoms with Crippen LogP contribution in [0.1, 0.15) is 21.6 Å². The maximum atomic E-state index is 12.8. The SMILES string of the molecule is Cc1nn(Cc2ccccc2)c2cc(C(=O)Nc3c(Cl)cncc3Cl)ccc12. The predicted molar refractivity (Wildman–Crippen MR) is 112 cm³/mol. The molecule has 140 valence electrons. The molecule has 1 N–H and O–H groups in total. The van der Waals surface area contributed by atoms with E-state index in [0.29, 0.717) is 17.8 Å². The van der Waals surface area contributed by atoms with Crippen LogP contribution in [-0.4, -0.2) is 20.7 Å². The molecular formula is C21H16Cl2N4O. The summed E-state index contributed by atoms with van der Waals surface area (Å²) in [6.45, 7) is 2.58. The number of amides is 1. The summed E-state index contributed by atoms with van der Waals surface area (Å²) in [4.78, 5) is 16.7. The number of carbonyl (C=O) groups is 1. The number of halogens is 2. The van der Waals surface area contributed by atoms with Crippen molar-refractivity contribution >= 4 is 45.7 Å². The van der Waals surface area contributed by atoms with E-state index in [1.165, 1.54) is 12.4 Å². The van der Waals surface area contributed by atoms with E-state index in [-0.39, 0.29) is 16.0 Å². The first kappa shape index (κ1) is 18.5. The average molecular weight is 411 g/mol. The molecule has 2 aromatic carbocycles. The molecule has 0 aliphatic heterocycles. The van der Waals surface area contributed by atoms with Gasteiger partial charge in [0, 0.05) is 23.3 Å². The second-order valence-electron chi connectivity index (χ2n) is 6.39. The van der Waals surface area contributed by atoms with Gasteiger partial charge in [-0.25, -0.2) is 0 Å². The largest absolute Gasteiger partial charge is 0.319 e. The third-order valence-corrected chi connectivity index (χ3v) is 5.04. The summed E-state index contributed by atoms with van der Waals surface area (Å²) in [5.41, 5.74) is 3.78. The minimum atomic E-state index is -0.304. The van der Waals surface area contributed by atoms with Crippen molar-refractivity contribution < 1.29 is 4.79 Å². The zero-order chi connectivity index (χ0) is 19.7. The molecule has 0 spiro atoms. The smallest absolute Gasteiger partial charge is 0.255 e. The molecule has 28 heavy (non-hydrogen) atoms. The van der Waals surface area contributed by atoms with Crippen LogP contribution in [0.3, 0.4) is 0 Å². The molecule has 7 heteroatoms. The molecule has 1 amide bonds. The topological polar surface area (TPSA) is 59.8 Å². The van der Waals surface area contributed by atoms with Gasteiger partial charge in [-0.2, -0.15) is 5.10 Å². The molecule has 5 nitrogen and oxygen atoms in total. The van der Waals surface area contributed by atoms with Gasteiger partial charge in [0.15, 0.2) is 0 Å². The molecule has 0 aliphatic carbocycles. The highest BCUT2D eigenvalue weighted by Crippen LogP contribution is 2.29. The van der Waals surface area contributed by atoms with Crippen molar-refractivity contribution in [2.75, 3.05) is 5.32 Å². The van der Waals surface area contributed by atoms with Crippen LogP contribution in [0.25, 0.3) is 10.9 Å². The van der Waals surface area contributed by atoms with Gasteiger partial charge in [-0.05, 0) is 24.6 Å². The molecule has 2 heterocycles. The summed E-state index contributed by atoms with van der Waals surface area (Å²) >= 11 is 12.2. The summed E-state index contributed by atoms with van der Waals surface area (Å²) < 4.78 is 1.91. The molecule has 2 aromatic heterocycles. The second-order valence-corrected chi connectivity index (χ2v) is 7.21. The van der Waals surface area contributed by atoms with Crippen LogP contribution in [-0.2, 0) is 6.54 Å². The maximum absolute atomic E-state index is 12.8. The van der Waals surface area contributed by atoms with Crippen LogP contribution < -0.4 is 5.32 Å². The lowest BCUT2D eigenvalue weighted by Gasteiger charge is -2.09. The van der Waals surface area contributed by atoms with Gasteiger partial charge in [0.2, 0.25) is 0 Å². The number of hydrogen-bond donors (Lipinski definition) is 1. The standard InChI is InChI=1S/C21H16Cl2N4O/c1-13-16-8-7-15(21(28)25-20-17(22)10-24-11-18(20)23)9-19(16)27(26-13)12-14-5-3-2-4-6-14/h2-11H,12H2,1H3,(H,24,25,28). The van der Waals surface area contributed by atoms with E-state index in [0.717, 1.165) is 22.2 Å². The van der Waals surface area contributed by atoms with Crippen LogP contribution in [0.5, 0.6) is 0 Å². The molecule has 0 saturated carbocycles. The van der Waals surface area contributed by atoms with Gasteiger partial charge < -0.3 is 5.32 Å². The van der Waals surface area contributed by atoms with E-state index in [9.17, 15) is 4.79 Å². The summed E-state index contributed by atoms with van der Waals surface area (Å²) in [5.74, 6) is -0.304. The number of fused-ring (bicyclic) bond motifs is 1. The van der Waals surface area contributed by atoms with Crippen molar-refractivity contribution in [3.05, 3.63) is 87.8 Å². The van der Waals surface area contributed by atoms with Crippen LogP contribution in [0.2, 0.25) is 10.0 Å². The number of anilines is 1. The summed E-state index contributed by atoms with van der Waals surface area (Å²) in [5, 5.41) is 8.97. The summed E-state index contributed by atoms with van der Waals surface area (Å²) in [6.07, 6.45) is 2.87. The molecule has 4 aromatic rings. The number of nitrogens with zero attached hydrogens (tertiary/aromatic N) is 3. The molecule has 0 radical (unpaired) electrons. The van der Waals surface area contributed by atoms with Gasteiger partial charge in [0.1, 0.15) is 0 Å². The van der Waals surface area contributed by atoms with Gasteiger partial charge in [-0.3, -0.25) is 14.5 Å². The Hall–Kier alpha value is -2.89. The lowest BCUT2D eigenvalue weighted by molar-refractivity contribution is 0.102. The second kappa shape index (κ2) is 7.62. The Kier molecular flexibility index (Phi) is 5.03. The van der Waals surface area contributed by atoms with Gasteiger partial charge in [0.05, 0.1) is 33.5 Å². The third-order valence-electron chi connectivity index (χ3n) is 4.47. The molecule has 0 atom stereocenters. The highest BCUT2D eigenvalue weighted by molar-refractivity contribution is 6.39. The Morgan fingerprint density at radius 1 is 1.07 bits per heavy atom. The van der Waals surface area contributed by atoms with Crippen molar-refractivity contribution in [1.29, 1.82) is 0 Å². The zero-order valence-electron chi connectivity index (χ0n) is 15.0. The highest BCUT2D eigenvalue weighted by atomic mass is 35.5. The first-order valence-corrected chi connectivity index (χ1v) is 9.40. The first-order valence-electron chi connectivity index (χ1n) is 8.64. The van der Waals surface area contributed by atoms with Crippen LogP contribution in [0.4, 0.5) is 5.69 Å². The predicted octanol–water partition coefficient (Wildman–Crippen LogP) is 5.35. The van der Waals surface area contributed by atoms with E-state index in [1.54, 1.807) is 6.07 Å². The minimum absolute atomic E-state index is 0.284.